The third-order valence-corrected chi connectivity index (χ3v) is 3.17. The Bertz CT molecular complexity index is 462. The molecule has 2 N–H and O–H groups in total. The summed E-state index contributed by atoms with van der Waals surface area (Å²) in [6, 6.07) is 4.28. The molecule has 1 amide bonds. The number of nitrogens with one attached hydrogen (secondary N) is 2. The summed E-state index contributed by atoms with van der Waals surface area (Å²) in [6.07, 6.45) is 1.93. The van der Waals surface area contributed by atoms with Gasteiger partial charge in [0.25, 0.3) is 0 Å². The predicted octanol–water partition coefficient (Wildman–Crippen LogP) is 1.54. The molecule has 0 atom stereocenters. The SMILES string of the molecule is COc1ccc(NC(=O)COC2CCNCC2)cc1F. The highest BCUT2D eigenvalue weighted by molar-refractivity contribution is 5.91. The van der Waals surface area contributed by atoms with Crippen LogP contribution in [-0.2, 0) is 9.53 Å². The molecule has 1 aliphatic heterocycles. The largest absolute Gasteiger partial charge is 0.494 e. The highest BCUT2D eigenvalue weighted by atomic mass is 19.1. The highest BCUT2D eigenvalue weighted by Gasteiger charge is 2.15. The smallest absolute Gasteiger partial charge is 0.250 e. The van der Waals surface area contributed by atoms with E-state index in [1.807, 2.05) is 0 Å². The summed E-state index contributed by atoms with van der Waals surface area (Å²) in [5, 5.41) is 5.82. The van der Waals surface area contributed by atoms with Gasteiger partial charge in [-0.05, 0) is 38.1 Å². The van der Waals surface area contributed by atoms with Gasteiger partial charge in [0.1, 0.15) is 6.61 Å². The Balaban J connectivity index is 1.80. The van der Waals surface area contributed by atoms with Crippen molar-refractivity contribution in [3.05, 3.63) is 24.0 Å². The van der Waals surface area contributed by atoms with Crippen LogP contribution in [0.15, 0.2) is 18.2 Å². The van der Waals surface area contributed by atoms with Gasteiger partial charge in [0.15, 0.2) is 11.6 Å². The molecule has 5 nitrogen and oxygen atoms in total. The van der Waals surface area contributed by atoms with E-state index in [2.05, 4.69) is 10.6 Å². The second kappa shape index (κ2) is 7.21. The number of benzene rings is 1. The molecule has 0 spiro atoms. The highest BCUT2D eigenvalue weighted by Crippen LogP contribution is 2.20. The number of amides is 1. The lowest BCUT2D eigenvalue weighted by molar-refractivity contribution is -0.123. The first-order chi connectivity index (χ1) is 9.69. The van der Waals surface area contributed by atoms with Crippen LogP contribution in [0.25, 0.3) is 0 Å². The molecule has 1 heterocycles. The van der Waals surface area contributed by atoms with E-state index in [9.17, 15) is 9.18 Å². The van der Waals surface area contributed by atoms with Crippen LogP contribution in [0.4, 0.5) is 10.1 Å². The van der Waals surface area contributed by atoms with Gasteiger partial charge in [0.05, 0.1) is 13.2 Å². The van der Waals surface area contributed by atoms with Gasteiger partial charge in [-0.1, -0.05) is 0 Å². The molecule has 1 fully saturated rings. The van der Waals surface area contributed by atoms with Crippen molar-refractivity contribution in [2.45, 2.75) is 18.9 Å². The lowest BCUT2D eigenvalue weighted by Crippen LogP contribution is -2.34. The maximum absolute atomic E-state index is 13.5. The van der Waals surface area contributed by atoms with Crippen molar-refractivity contribution in [1.29, 1.82) is 0 Å². The van der Waals surface area contributed by atoms with E-state index in [-0.39, 0.29) is 24.4 Å². The van der Waals surface area contributed by atoms with Crippen LogP contribution in [0.2, 0.25) is 0 Å². The molecule has 0 aliphatic carbocycles. The number of piperidine rings is 1. The summed E-state index contributed by atoms with van der Waals surface area (Å²) in [5.41, 5.74) is 0.391. The van der Waals surface area contributed by atoms with E-state index < -0.39 is 5.82 Å². The number of anilines is 1. The first-order valence-electron chi connectivity index (χ1n) is 6.65. The molecular formula is C14H19FN2O3. The van der Waals surface area contributed by atoms with Gasteiger partial charge in [0.2, 0.25) is 5.91 Å². The summed E-state index contributed by atoms with van der Waals surface area (Å²) in [7, 11) is 1.39. The molecule has 0 radical (unpaired) electrons. The fourth-order valence-corrected chi connectivity index (χ4v) is 2.10. The van der Waals surface area contributed by atoms with E-state index in [4.69, 9.17) is 9.47 Å². The molecule has 20 heavy (non-hydrogen) atoms. The van der Waals surface area contributed by atoms with Crippen molar-refractivity contribution in [2.75, 3.05) is 32.1 Å². The number of carbonyl (C=O) groups excluding carboxylic acids is 1. The summed E-state index contributed by atoms with van der Waals surface area (Å²) in [6.45, 7) is 1.81. The Morgan fingerprint density at radius 2 is 2.20 bits per heavy atom. The quantitative estimate of drug-likeness (QED) is 0.860. The van der Waals surface area contributed by atoms with Crippen molar-refractivity contribution < 1.29 is 18.7 Å². The van der Waals surface area contributed by atoms with Gasteiger partial charge in [0, 0.05) is 11.8 Å². The number of hydrogen-bond acceptors (Lipinski definition) is 4. The van der Waals surface area contributed by atoms with Gasteiger partial charge in [-0.25, -0.2) is 4.39 Å². The standard InChI is InChI=1S/C14H19FN2O3/c1-19-13-3-2-10(8-12(13)15)17-14(18)9-20-11-4-6-16-7-5-11/h2-3,8,11,16H,4-7,9H2,1H3,(H,17,18). The van der Waals surface area contributed by atoms with Crippen LogP contribution in [0.3, 0.4) is 0 Å². The van der Waals surface area contributed by atoms with Crippen LogP contribution in [0.1, 0.15) is 12.8 Å². The minimum Gasteiger partial charge on any atom is -0.494 e. The van der Waals surface area contributed by atoms with Crippen molar-refractivity contribution in [3.63, 3.8) is 0 Å². The summed E-state index contributed by atoms with van der Waals surface area (Å²) in [4.78, 5) is 11.7. The van der Waals surface area contributed by atoms with E-state index in [0.29, 0.717) is 5.69 Å². The monoisotopic (exact) mass is 282 g/mol. The predicted molar refractivity (Wildman–Crippen MR) is 73.4 cm³/mol. The molecule has 1 aromatic rings. The third kappa shape index (κ3) is 4.18. The maximum atomic E-state index is 13.5. The molecule has 1 aromatic carbocycles. The van der Waals surface area contributed by atoms with E-state index >= 15 is 0 Å². The molecule has 0 bridgehead atoms. The number of methoxy groups -OCH3 is 1. The van der Waals surface area contributed by atoms with Gasteiger partial charge in [-0.3, -0.25) is 4.79 Å². The van der Waals surface area contributed by atoms with Crippen molar-refractivity contribution in [2.24, 2.45) is 0 Å². The molecule has 0 saturated carbocycles. The Morgan fingerprint density at radius 3 is 2.85 bits per heavy atom. The first-order valence-corrected chi connectivity index (χ1v) is 6.65. The molecule has 110 valence electrons. The summed E-state index contributed by atoms with van der Waals surface area (Å²) in [5.74, 6) is -0.647. The molecule has 0 aromatic heterocycles. The first kappa shape index (κ1) is 14.7. The number of hydrogen-bond donors (Lipinski definition) is 2. The van der Waals surface area contributed by atoms with Crippen molar-refractivity contribution in [1.82, 2.24) is 5.32 Å². The zero-order valence-electron chi connectivity index (χ0n) is 11.4. The fraction of sp³-hybridized carbons (Fsp3) is 0.500. The lowest BCUT2D eigenvalue weighted by atomic mass is 10.1. The minimum atomic E-state index is -0.510. The van der Waals surface area contributed by atoms with Crippen LogP contribution < -0.4 is 15.4 Å². The van der Waals surface area contributed by atoms with Crippen molar-refractivity contribution in [3.8, 4) is 5.75 Å². The second-order valence-electron chi connectivity index (χ2n) is 4.66. The van der Waals surface area contributed by atoms with Gasteiger partial charge in [-0.15, -0.1) is 0 Å². The molecule has 1 saturated heterocycles. The number of ether oxygens (including phenoxy) is 2. The van der Waals surface area contributed by atoms with Crippen LogP contribution in [0.5, 0.6) is 5.75 Å². The molecule has 0 unspecified atom stereocenters. The Morgan fingerprint density at radius 1 is 1.45 bits per heavy atom. The maximum Gasteiger partial charge on any atom is 0.250 e. The van der Waals surface area contributed by atoms with Crippen LogP contribution in [-0.4, -0.2) is 38.8 Å². The van der Waals surface area contributed by atoms with Crippen LogP contribution in [0, 0.1) is 5.82 Å². The fourth-order valence-electron chi connectivity index (χ4n) is 2.10. The average Bonchev–Trinajstić information content (AvgIpc) is 2.46. The molecule has 2 rings (SSSR count). The number of carbonyl (C=O) groups is 1. The molecule has 6 heteroatoms. The van der Waals surface area contributed by atoms with Gasteiger partial charge >= 0.3 is 0 Å². The zero-order valence-corrected chi connectivity index (χ0v) is 11.4. The summed E-state index contributed by atoms with van der Waals surface area (Å²) >= 11 is 0. The lowest BCUT2D eigenvalue weighted by Gasteiger charge is -2.22. The van der Waals surface area contributed by atoms with E-state index in [1.165, 1.54) is 19.2 Å². The van der Waals surface area contributed by atoms with Gasteiger partial charge < -0.3 is 20.1 Å². The minimum absolute atomic E-state index is 0.0156. The Labute approximate surface area is 117 Å². The van der Waals surface area contributed by atoms with E-state index in [0.717, 1.165) is 25.9 Å². The summed E-state index contributed by atoms with van der Waals surface area (Å²) < 4.78 is 23.8. The zero-order chi connectivity index (χ0) is 14.4. The van der Waals surface area contributed by atoms with E-state index in [1.54, 1.807) is 6.07 Å². The Hall–Kier alpha value is -1.66. The number of halogens is 1. The van der Waals surface area contributed by atoms with Crippen molar-refractivity contribution >= 4 is 11.6 Å². The Kier molecular flexibility index (Phi) is 5.31. The van der Waals surface area contributed by atoms with Gasteiger partial charge in [-0.2, -0.15) is 0 Å². The van der Waals surface area contributed by atoms with Crippen LogP contribution >= 0.6 is 0 Å². The average molecular weight is 282 g/mol. The normalized spacial score (nSPS) is 15.9. The molecular weight excluding hydrogens is 263 g/mol. The third-order valence-electron chi connectivity index (χ3n) is 3.17. The topological polar surface area (TPSA) is 59.6 Å². The molecule has 1 aliphatic rings. The number of rotatable bonds is 5. The second-order valence-corrected chi connectivity index (χ2v) is 4.66.